The number of carbonyl (C=O) groups is 1. The highest BCUT2D eigenvalue weighted by molar-refractivity contribution is 7.99. The summed E-state index contributed by atoms with van der Waals surface area (Å²) >= 11 is 1.02. The molecule has 3 heterocycles. The van der Waals surface area contributed by atoms with Crippen molar-refractivity contribution in [2.24, 2.45) is 0 Å². The van der Waals surface area contributed by atoms with Gasteiger partial charge in [-0.1, -0.05) is 6.58 Å². The molecule has 0 aliphatic carbocycles. The van der Waals surface area contributed by atoms with Gasteiger partial charge < -0.3 is 14.5 Å². The molecule has 1 saturated heterocycles. The number of hydrogen-bond donors (Lipinski definition) is 0. The molecule has 3 aromatic rings. The van der Waals surface area contributed by atoms with Crippen LogP contribution in [0, 0.1) is 11.6 Å². The number of methoxy groups -OCH3 is 1. The highest BCUT2D eigenvalue weighted by Crippen LogP contribution is 2.49. The summed E-state index contributed by atoms with van der Waals surface area (Å²) in [7, 11) is 1.43. The number of anilines is 1. The number of thioether (sulfide) groups is 1. The van der Waals surface area contributed by atoms with E-state index in [1.54, 1.807) is 16.7 Å². The molecule has 0 radical (unpaired) electrons. The first-order valence-corrected chi connectivity index (χ1v) is 13.4. The highest BCUT2D eigenvalue weighted by atomic mass is 32.2. The Balaban J connectivity index is 1.84. The number of ether oxygens (including phenoxy) is 1. The molecule has 1 fully saturated rings. The molecule has 2 aliphatic rings. The molecule has 40 heavy (non-hydrogen) atoms. The van der Waals surface area contributed by atoms with Crippen molar-refractivity contribution in [1.29, 1.82) is 0 Å². The summed E-state index contributed by atoms with van der Waals surface area (Å²) in [4.78, 5) is 33.1. The van der Waals surface area contributed by atoms with E-state index in [2.05, 4.69) is 11.6 Å². The molecule has 5 rings (SSSR count). The van der Waals surface area contributed by atoms with Crippen LogP contribution in [0.15, 0.2) is 46.6 Å². The Kier molecular flexibility index (Phi) is 7.38. The molecular formula is C27H25F5N4O3S. The fourth-order valence-corrected chi connectivity index (χ4v) is 6.60. The normalized spacial score (nSPS) is 19.6. The quantitative estimate of drug-likeness (QED) is 0.329. The van der Waals surface area contributed by atoms with Crippen LogP contribution >= 0.6 is 11.8 Å². The number of benzene rings is 2. The van der Waals surface area contributed by atoms with Crippen LogP contribution in [0.3, 0.4) is 0 Å². The minimum absolute atomic E-state index is 0.0208. The molecule has 1 aromatic heterocycles. The standard InChI is InChI=1S/C27H25F5N4O3S/c1-4-21(37)34-7-8-35(14(2)11-34)25-18-10-19(27(30,31)32)22(17-6-5-15(28)9-20(17)29)24-23(18)36(26(38)33-25)12-16(39-3)13-40-24/h4-6,9-10,14,16H,1,7-8,11-13H2,2-3H3. The zero-order chi connectivity index (χ0) is 28.9. The molecule has 2 aromatic carbocycles. The molecule has 212 valence electrons. The van der Waals surface area contributed by atoms with Crippen molar-refractivity contribution in [2.45, 2.75) is 36.7 Å². The smallest absolute Gasteiger partial charge is 0.379 e. The predicted octanol–water partition coefficient (Wildman–Crippen LogP) is 4.70. The summed E-state index contributed by atoms with van der Waals surface area (Å²) in [5.41, 5.74) is -2.57. The molecule has 0 spiro atoms. The summed E-state index contributed by atoms with van der Waals surface area (Å²) in [6.07, 6.45) is -4.28. The van der Waals surface area contributed by atoms with Gasteiger partial charge >= 0.3 is 11.9 Å². The first-order chi connectivity index (χ1) is 18.9. The van der Waals surface area contributed by atoms with E-state index in [1.165, 1.54) is 17.8 Å². The van der Waals surface area contributed by atoms with Gasteiger partial charge in [0, 0.05) is 66.0 Å². The number of alkyl halides is 3. The lowest BCUT2D eigenvalue weighted by molar-refractivity contribution is -0.137. The second-order valence-electron chi connectivity index (χ2n) is 9.67. The summed E-state index contributed by atoms with van der Waals surface area (Å²) in [5, 5.41) is 0.0628. The zero-order valence-electron chi connectivity index (χ0n) is 21.6. The molecular weight excluding hydrogens is 555 g/mol. The maximum atomic E-state index is 15.0. The van der Waals surface area contributed by atoms with Gasteiger partial charge in [0.1, 0.15) is 17.5 Å². The summed E-state index contributed by atoms with van der Waals surface area (Å²) < 4.78 is 79.5. The van der Waals surface area contributed by atoms with Crippen LogP contribution in [0.1, 0.15) is 12.5 Å². The fourth-order valence-electron chi connectivity index (χ4n) is 5.28. The van der Waals surface area contributed by atoms with Crippen molar-refractivity contribution in [3.05, 3.63) is 64.6 Å². The molecule has 0 bridgehead atoms. The third kappa shape index (κ3) is 4.85. The maximum Gasteiger partial charge on any atom is 0.417 e. The molecule has 13 heteroatoms. The summed E-state index contributed by atoms with van der Waals surface area (Å²) in [6.45, 7) is 6.01. The molecule has 2 unspecified atom stereocenters. The lowest BCUT2D eigenvalue weighted by atomic mass is 9.95. The van der Waals surface area contributed by atoms with Crippen LogP contribution in [0.4, 0.5) is 27.8 Å². The zero-order valence-corrected chi connectivity index (χ0v) is 22.4. The van der Waals surface area contributed by atoms with Gasteiger partial charge in [0.25, 0.3) is 0 Å². The monoisotopic (exact) mass is 580 g/mol. The van der Waals surface area contributed by atoms with Gasteiger partial charge in [-0.15, -0.1) is 11.8 Å². The second-order valence-corrected chi connectivity index (χ2v) is 10.7. The van der Waals surface area contributed by atoms with Crippen molar-refractivity contribution in [2.75, 3.05) is 37.4 Å². The van der Waals surface area contributed by atoms with Crippen molar-refractivity contribution < 1.29 is 31.5 Å². The van der Waals surface area contributed by atoms with Crippen molar-refractivity contribution >= 4 is 34.4 Å². The molecule has 0 saturated carbocycles. The molecule has 2 atom stereocenters. The molecule has 0 N–H and O–H groups in total. The number of hydrogen-bond acceptors (Lipinski definition) is 6. The number of halogens is 5. The van der Waals surface area contributed by atoms with E-state index in [4.69, 9.17) is 4.74 Å². The Labute approximate surface area is 230 Å². The van der Waals surface area contributed by atoms with Crippen LogP contribution in [-0.4, -0.2) is 65.0 Å². The Morgan fingerprint density at radius 2 is 1.95 bits per heavy atom. The summed E-state index contributed by atoms with van der Waals surface area (Å²) in [5.74, 6) is -2.14. The number of aromatic nitrogens is 2. The lowest BCUT2D eigenvalue weighted by Crippen LogP contribution is -2.54. The van der Waals surface area contributed by atoms with Gasteiger partial charge in [-0.2, -0.15) is 18.2 Å². The lowest BCUT2D eigenvalue weighted by Gasteiger charge is -2.40. The van der Waals surface area contributed by atoms with Crippen LogP contribution in [0.25, 0.3) is 22.0 Å². The number of rotatable bonds is 4. The summed E-state index contributed by atoms with van der Waals surface area (Å²) in [6, 6.07) is 2.89. The largest absolute Gasteiger partial charge is 0.417 e. The molecule has 7 nitrogen and oxygen atoms in total. The number of piperazine rings is 1. The van der Waals surface area contributed by atoms with E-state index >= 15 is 4.39 Å². The fraction of sp³-hybridized carbons (Fsp3) is 0.370. The van der Waals surface area contributed by atoms with Crippen LogP contribution in [0.2, 0.25) is 0 Å². The average Bonchev–Trinajstić information content (AvgIpc) is 3.10. The Morgan fingerprint density at radius 3 is 2.58 bits per heavy atom. The highest BCUT2D eigenvalue weighted by Gasteiger charge is 2.39. The van der Waals surface area contributed by atoms with Gasteiger partial charge in [0.2, 0.25) is 5.91 Å². The third-order valence-corrected chi connectivity index (χ3v) is 8.45. The topological polar surface area (TPSA) is 67.7 Å². The minimum Gasteiger partial charge on any atom is -0.379 e. The van der Waals surface area contributed by atoms with Gasteiger partial charge in [0.05, 0.1) is 23.7 Å². The predicted molar refractivity (Wildman–Crippen MR) is 141 cm³/mol. The molecule has 2 aliphatic heterocycles. The maximum absolute atomic E-state index is 15.0. The van der Waals surface area contributed by atoms with Gasteiger partial charge in [-0.3, -0.25) is 9.36 Å². The Hall–Kier alpha value is -3.45. The average molecular weight is 581 g/mol. The SMILES string of the molecule is C=CC(=O)N1CCN(c2nc(=O)n3c4c(c(-c5ccc(F)cc5F)c(C(F)(F)F)cc24)SCC(OC)C3)C(C)C1. The second kappa shape index (κ2) is 10.5. The molecule has 1 amide bonds. The number of amides is 1. The van der Waals surface area contributed by atoms with Crippen LogP contribution < -0.4 is 10.6 Å². The first-order valence-electron chi connectivity index (χ1n) is 12.4. The van der Waals surface area contributed by atoms with Crippen LogP contribution in [-0.2, 0) is 22.3 Å². The Morgan fingerprint density at radius 1 is 1.20 bits per heavy atom. The van der Waals surface area contributed by atoms with Crippen molar-refractivity contribution in [3.63, 3.8) is 0 Å². The first kappa shape index (κ1) is 28.1. The van der Waals surface area contributed by atoms with Crippen molar-refractivity contribution in [1.82, 2.24) is 14.5 Å². The van der Waals surface area contributed by atoms with E-state index < -0.39 is 46.3 Å². The van der Waals surface area contributed by atoms with Gasteiger partial charge in [-0.25, -0.2) is 13.6 Å². The van der Waals surface area contributed by atoms with E-state index in [0.717, 1.165) is 30.0 Å². The number of carbonyl (C=O) groups excluding carboxylic acids is 1. The van der Waals surface area contributed by atoms with E-state index in [-0.39, 0.29) is 65.5 Å². The van der Waals surface area contributed by atoms with E-state index in [0.29, 0.717) is 6.07 Å². The van der Waals surface area contributed by atoms with Crippen LogP contribution in [0.5, 0.6) is 0 Å². The third-order valence-electron chi connectivity index (χ3n) is 7.22. The minimum atomic E-state index is -4.92. The van der Waals surface area contributed by atoms with Crippen molar-refractivity contribution in [3.8, 4) is 11.1 Å². The van der Waals surface area contributed by atoms with E-state index in [9.17, 15) is 27.2 Å². The van der Waals surface area contributed by atoms with E-state index in [1.807, 2.05) is 0 Å². The van der Waals surface area contributed by atoms with Gasteiger partial charge in [0.15, 0.2) is 0 Å². The van der Waals surface area contributed by atoms with Gasteiger partial charge in [-0.05, 0) is 31.2 Å². The Bertz CT molecular complexity index is 1570. The number of nitrogens with zero attached hydrogens (tertiary/aromatic N) is 4.